The van der Waals surface area contributed by atoms with Crippen LogP contribution in [0.5, 0.6) is 11.5 Å². The van der Waals surface area contributed by atoms with Crippen LogP contribution in [0.1, 0.15) is 0 Å². The molecule has 1 aromatic carbocycles. The van der Waals surface area contributed by atoms with Gasteiger partial charge in [0.1, 0.15) is 0 Å². The van der Waals surface area contributed by atoms with Gasteiger partial charge in [0.25, 0.3) is 0 Å². The number of hydrogen-bond donors (Lipinski definition) is 2. The number of aliphatic imine (C=N–C) groups is 1. The lowest BCUT2D eigenvalue weighted by molar-refractivity contribution is 0.355. The van der Waals surface area contributed by atoms with Crippen molar-refractivity contribution < 1.29 is 9.47 Å². The van der Waals surface area contributed by atoms with Crippen LogP contribution in [0.25, 0.3) is 0 Å². The minimum Gasteiger partial charge on any atom is -0.493 e. The number of methoxy groups -OCH3 is 2. The van der Waals surface area contributed by atoms with Gasteiger partial charge in [-0.3, -0.25) is 4.99 Å². The summed E-state index contributed by atoms with van der Waals surface area (Å²) in [6, 6.07) is 5.50. The van der Waals surface area contributed by atoms with Crippen molar-refractivity contribution in [2.45, 2.75) is 0 Å². The highest BCUT2D eigenvalue weighted by Gasteiger charge is 2.05. The zero-order valence-corrected chi connectivity index (χ0v) is 13.5. The lowest BCUT2D eigenvalue weighted by Crippen LogP contribution is -2.30. The molecule has 0 unspecified atom stereocenters. The average molecular weight is 375 g/mol. The van der Waals surface area contributed by atoms with Crippen molar-refractivity contribution in [3.8, 4) is 23.8 Å². The normalized spacial score (nSPS) is 9.89. The van der Waals surface area contributed by atoms with Crippen LogP contribution in [0.3, 0.4) is 0 Å². The van der Waals surface area contributed by atoms with Crippen molar-refractivity contribution in [3.05, 3.63) is 18.2 Å². The molecule has 0 saturated heterocycles. The first-order chi connectivity index (χ1) is 8.74. The van der Waals surface area contributed by atoms with Crippen molar-refractivity contribution in [1.82, 2.24) is 5.32 Å². The van der Waals surface area contributed by atoms with Crippen LogP contribution in [0.2, 0.25) is 0 Å². The molecule has 104 valence electrons. The van der Waals surface area contributed by atoms with E-state index in [1.807, 2.05) is 18.2 Å². The fourth-order valence-electron chi connectivity index (χ4n) is 1.36. The molecule has 0 amide bonds. The van der Waals surface area contributed by atoms with Crippen molar-refractivity contribution in [2.24, 2.45) is 4.99 Å². The summed E-state index contributed by atoms with van der Waals surface area (Å²) in [5, 5.41) is 6.06. The van der Waals surface area contributed by atoms with E-state index >= 15 is 0 Å². The SMILES string of the molecule is C#CCNC(=NC)Nc1ccc(OC)c(OC)c1.I. The Morgan fingerprint density at radius 3 is 2.53 bits per heavy atom. The molecular weight excluding hydrogens is 357 g/mol. The number of nitrogens with one attached hydrogen (secondary N) is 2. The molecule has 0 radical (unpaired) electrons. The summed E-state index contributed by atoms with van der Waals surface area (Å²) in [7, 11) is 4.86. The Labute approximate surface area is 130 Å². The summed E-state index contributed by atoms with van der Waals surface area (Å²) in [6.07, 6.45) is 5.18. The van der Waals surface area contributed by atoms with Crippen molar-refractivity contribution in [2.75, 3.05) is 33.1 Å². The maximum Gasteiger partial charge on any atom is 0.196 e. The first-order valence-electron chi connectivity index (χ1n) is 5.38. The molecule has 0 aliphatic carbocycles. The standard InChI is InChI=1S/C13H17N3O2.HI/c1-5-8-15-13(14-2)16-10-6-7-11(17-3)12(9-10)18-4;/h1,6-7,9H,8H2,2-4H3,(H2,14,15,16);1H. The molecule has 1 rings (SSSR count). The number of halogens is 1. The molecular formula is C13H18IN3O2. The number of anilines is 1. The molecule has 0 aromatic heterocycles. The van der Waals surface area contributed by atoms with E-state index in [0.717, 1.165) is 5.69 Å². The number of ether oxygens (including phenoxy) is 2. The molecule has 2 N–H and O–H groups in total. The molecule has 19 heavy (non-hydrogen) atoms. The van der Waals surface area contributed by atoms with Crippen LogP contribution in [0.4, 0.5) is 5.69 Å². The fourth-order valence-corrected chi connectivity index (χ4v) is 1.36. The second-order valence-electron chi connectivity index (χ2n) is 3.32. The summed E-state index contributed by atoms with van der Waals surface area (Å²) in [6.45, 7) is 0.410. The first-order valence-corrected chi connectivity index (χ1v) is 5.38. The molecule has 0 spiro atoms. The summed E-state index contributed by atoms with van der Waals surface area (Å²) in [5.74, 6) is 4.40. The molecule has 0 atom stereocenters. The summed E-state index contributed by atoms with van der Waals surface area (Å²) in [5.41, 5.74) is 0.831. The van der Waals surface area contributed by atoms with Crippen molar-refractivity contribution >= 4 is 35.6 Å². The highest BCUT2D eigenvalue weighted by atomic mass is 127. The molecule has 0 aliphatic rings. The predicted molar refractivity (Wildman–Crippen MR) is 88.8 cm³/mol. The molecule has 0 aliphatic heterocycles. The molecule has 6 heteroatoms. The monoisotopic (exact) mass is 375 g/mol. The molecule has 5 nitrogen and oxygen atoms in total. The van der Waals surface area contributed by atoms with E-state index in [-0.39, 0.29) is 24.0 Å². The summed E-state index contributed by atoms with van der Waals surface area (Å²) in [4.78, 5) is 4.05. The molecule has 0 bridgehead atoms. The lowest BCUT2D eigenvalue weighted by Gasteiger charge is -2.12. The van der Waals surface area contributed by atoms with Crippen molar-refractivity contribution in [3.63, 3.8) is 0 Å². The topological polar surface area (TPSA) is 54.9 Å². The number of terminal acetylenes is 1. The van der Waals surface area contributed by atoms with Gasteiger partial charge in [-0.15, -0.1) is 30.4 Å². The zero-order valence-electron chi connectivity index (χ0n) is 11.2. The van der Waals surface area contributed by atoms with Gasteiger partial charge in [0.2, 0.25) is 0 Å². The fraction of sp³-hybridized carbons (Fsp3) is 0.308. The van der Waals surface area contributed by atoms with Crippen LogP contribution in [0, 0.1) is 12.3 Å². The van der Waals surface area contributed by atoms with Crippen LogP contribution in [-0.2, 0) is 0 Å². The highest BCUT2D eigenvalue weighted by molar-refractivity contribution is 14.0. The van der Waals surface area contributed by atoms with E-state index in [1.54, 1.807) is 21.3 Å². The minimum absolute atomic E-state index is 0. The second-order valence-corrected chi connectivity index (χ2v) is 3.32. The van der Waals surface area contributed by atoms with E-state index < -0.39 is 0 Å². The maximum atomic E-state index is 5.22. The zero-order chi connectivity index (χ0) is 13.4. The van der Waals surface area contributed by atoms with E-state index in [1.165, 1.54) is 0 Å². The number of guanidine groups is 1. The smallest absolute Gasteiger partial charge is 0.196 e. The minimum atomic E-state index is 0. The van der Waals surface area contributed by atoms with E-state index in [0.29, 0.717) is 24.0 Å². The molecule has 0 fully saturated rings. The van der Waals surface area contributed by atoms with E-state index in [4.69, 9.17) is 15.9 Å². The van der Waals surface area contributed by atoms with Crippen LogP contribution < -0.4 is 20.1 Å². The van der Waals surface area contributed by atoms with Gasteiger partial charge in [-0.05, 0) is 12.1 Å². The quantitative estimate of drug-likeness (QED) is 0.366. The van der Waals surface area contributed by atoms with Gasteiger partial charge in [0.15, 0.2) is 17.5 Å². The Balaban J connectivity index is 0.00000324. The van der Waals surface area contributed by atoms with Gasteiger partial charge in [0.05, 0.1) is 20.8 Å². The summed E-state index contributed by atoms with van der Waals surface area (Å²) < 4.78 is 10.4. The van der Waals surface area contributed by atoms with Crippen LogP contribution >= 0.6 is 24.0 Å². The van der Waals surface area contributed by atoms with Gasteiger partial charge in [0, 0.05) is 18.8 Å². The molecule has 0 heterocycles. The van der Waals surface area contributed by atoms with Crippen LogP contribution in [-0.4, -0.2) is 33.8 Å². The Bertz CT molecular complexity index is 469. The Hall–Kier alpha value is -1.62. The third kappa shape index (κ3) is 5.26. The molecule has 0 saturated carbocycles. The van der Waals surface area contributed by atoms with Crippen molar-refractivity contribution in [1.29, 1.82) is 0 Å². The lowest BCUT2D eigenvalue weighted by atomic mass is 10.3. The third-order valence-corrected chi connectivity index (χ3v) is 2.23. The van der Waals surface area contributed by atoms with Gasteiger partial charge >= 0.3 is 0 Å². The van der Waals surface area contributed by atoms with E-state index in [9.17, 15) is 0 Å². The van der Waals surface area contributed by atoms with E-state index in [2.05, 4.69) is 21.5 Å². The van der Waals surface area contributed by atoms with Gasteiger partial charge in [-0.25, -0.2) is 0 Å². The average Bonchev–Trinajstić information content (AvgIpc) is 2.43. The first kappa shape index (κ1) is 17.4. The Kier molecular flexibility index (Phi) is 8.53. The number of hydrogen-bond acceptors (Lipinski definition) is 3. The Morgan fingerprint density at radius 1 is 1.32 bits per heavy atom. The van der Waals surface area contributed by atoms with Gasteiger partial charge in [-0.2, -0.15) is 0 Å². The third-order valence-electron chi connectivity index (χ3n) is 2.23. The molecule has 1 aromatic rings. The van der Waals surface area contributed by atoms with Gasteiger partial charge < -0.3 is 20.1 Å². The number of nitrogens with zero attached hydrogens (tertiary/aromatic N) is 1. The summed E-state index contributed by atoms with van der Waals surface area (Å²) >= 11 is 0. The van der Waals surface area contributed by atoms with Crippen LogP contribution in [0.15, 0.2) is 23.2 Å². The highest BCUT2D eigenvalue weighted by Crippen LogP contribution is 2.29. The van der Waals surface area contributed by atoms with Gasteiger partial charge in [-0.1, -0.05) is 5.92 Å². The number of rotatable bonds is 4. The number of benzene rings is 1. The Morgan fingerprint density at radius 2 is 2.00 bits per heavy atom. The predicted octanol–water partition coefficient (Wildman–Crippen LogP) is 1.94. The largest absolute Gasteiger partial charge is 0.493 e. The maximum absolute atomic E-state index is 5.22. The second kappa shape index (κ2) is 9.33.